The van der Waals surface area contributed by atoms with Gasteiger partial charge in [0.25, 0.3) is 0 Å². The average Bonchev–Trinajstić information content (AvgIpc) is 2.94. The summed E-state index contributed by atoms with van der Waals surface area (Å²) >= 11 is 0. The fourth-order valence-electron chi connectivity index (χ4n) is 3.52. The molecule has 0 heterocycles. The minimum absolute atomic E-state index is 0.0903. The van der Waals surface area contributed by atoms with Crippen molar-refractivity contribution in [2.45, 2.75) is 63.3 Å². The van der Waals surface area contributed by atoms with Gasteiger partial charge in [0.2, 0.25) is 5.92 Å². The van der Waals surface area contributed by atoms with E-state index in [0.717, 1.165) is 19.5 Å². The van der Waals surface area contributed by atoms with Crippen LogP contribution in [0.15, 0.2) is 0 Å². The molecule has 18 heavy (non-hydrogen) atoms. The van der Waals surface area contributed by atoms with Crippen molar-refractivity contribution in [1.29, 1.82) is 0 Å². The van der Waals surface area contributed by atoms with E-state index >= 15 is 0 Å². The molecule has 2 N–H and O–H groups in total. The van der Waals surface area contributed by atoms with E-state index < -0.39 is 5.92 Å². The Kier molecular flexibility index (Phi) is 4.96. The van der Waals surface area contributed by atoms with Gasteiger partial charge in [-0.3, -0.25) is 0 Å². The zero-order chi connectivity index (χ0) is 13.0. The summed E-state index contributed by atoms with van der Waals surface area (Å²) in [4.78, 5) is 2.45. The van der Waals surface area contributed by atoms with Crippen LogP contribution in [0.4, 0.5) is 8.78 Å². The third kappa shape index (κ3) is 3.89. The van der Waals surface area contributed by atoms with Crippen molar-refractivity contribution in [2.24, 2.45) is 11.7 Å². The largest absolute Gasteiger partial charge is 0.330 e. The lowest BCUT2D eigenvalue weighted by molar-refractivity contribution is 0.00264. The van der Waals surface area contributed by atoms with Crippen molar-refractivity contribution in [3.63, 3.8) is 0 Å². The topological polar surface area (TPSA) is 29.3 Å². The highest BCUT2D eigenvalue weighted by atomic mass is 19.3. The van der Waals surface area contributed by atoms with Gasteiger partial charge < -0.3 is 10.6 Å². The SMILES string of the molecule is NCCCN(CC1CCC(F)(F)C1)C1CCCC1. The van der Waals surface area contributed by atoms with Gasteiger partial charge in [0, 0.05) is 25.4 Å². The molecule has 0 amide bonds. The van der Waals surface area contributed by atoms with Gasteiger partial charge >= 0.3 is 0 Å². The summed E-state index contributed by atoms with van der Waals surface area (Å²) in [7, 11) is 0. The van der Waals surface area contributed by atoms with Crippen molar-refractivity contribution < 1.29 is 8.78 Å². The van der Waals surface area contributed by atoms with Crippen LogP contribution >= 0.6 is 0 Å². The van der Waals surface area contributed by atoms with E-state index in [1.165, 1.54) is 25.7 Å². The van der Waals surface area contributed by atoms with Gasteiger partial charge in [0.05, 0.1) is 0 Å². The molecule has 4 heteroatoms. The molecule has 1 unspecified atom stereocenters. The highest BCUT2D eigenvalue weighted by Crippen LogP contribution is 2.39. The van der Waals surface area contributed by atoms with Gasteiger partial charge in [-0.15, -0.1) is 0 Å². The van der Waals surface area contributed by atoms with Crippen LogP contribution in [-0.2, 0) is 0 Å². The van der Waals surface area contributed by atoms with Crippen molar-refractivity contribution in [3.8, 4) is 0 Å². The fraction of sp³-hybridized carbons (Fsp3) is 1.00. The predicted molar refractivity (Wildman–Crippen MR) is 69.8 cm³/mol. The fourth-order valence-corrected chi connectivity index (χ4v) is 3.52. The number of hydrogen-bond donors (Lipinski definition) is 1. The first-order chi connectivity index (χ1) is 8.61. The van der Waals surface area contributed by atoms with E-state index in [1.807, 2.05) is 0 Å². The lowest BCUT2D eigenvalue weighted by atomic mass is 10.1. The van der Waals surface area contributed by atoms with E-state index in [4.69, 9.17) is 5.73 Å². The molecule has 2 rings (SSSR count). The van der Waals surface area contributed by atoms with Crippen LogP contribution in [-0.4, -0.2) is 36.5 Å². The molecule has 2 fully saturated rings. The standard InChI is InChI=1S/C14H26F2N2/c15-14(16)7-6-12(10-14)11-18(9-3-8-17)13-4-1-2-5-13/h12-13H,1-11,17H2. The minimum atomic E-state index is -2.40. The number of alkyl halides is 2. The summed E-state index contributed by atoms with van der Waals surface area (Å²) in [5, 5.41) is 0. The molecule has 0 saturated heterocycles. The minimum Gasteiger partial charge on any atom is -0.330 e. The maximum Gasteiger partial charge on any atom is 0.248 e. The Hall–Kier alpha value is -0.220. The summed E-state index contributed by atoms with van der Waals surface area (Å²) in [5.74, 6) is -2.21. The first-order valence-electron chi connectivity index (χ1n) is 7.43. The van der Waals surface area contributed by atoms with Gasteiger partial charge in [-0.25, -0.2) is 8.78 Å². The molecule has 2 saturated carbocycles. The molecular formula is C14H26F2N2. The third-order valence-electron chi connectivity index (χ3n) is 4.49. The molecule has 0 spiro atoms. The summed E-state index contributed by atoms with van der Waals surface area (Å²) in [6, 6.07) is 0.630. The normalized spacial score (nSPS) is 28.3. The molecule has 2 aliphatic rings. The number of nitrogens with zero attached hydrogens (tertiary/aromatic N) is 1. The average molecular weight is 260 g/mol. The van der Waals surface area contributed by atoms with Gasteiger partial charge in [0.1, 0.15) is 0 Å². The Bertz CT molecular complexity index is 252. The second kappa shape index (κ2) is 6.29. The Morgan fingerprint density at radius 1 is 1.17 bits per heavy atom. The van der Waals surface area contributed by atoms with Crippen LogP contribution in [0.3, 0.4) is 0 Å². The smallest absolute Gasteiger partial charge is 0.248 e. The molecular weight excluding hydrogens is 234 g/mol. The first kappa shape index (κ1) is 14.2. The number of halogens is 2. The van der Waals surface area contributed by atoms with E-state index in [-0.39, 0.29) is 18.8 Å². The monoisotopic (exact) mass is 260 g/mol. The summed E-state index contributed by atoms with van der Waals surface area (Å²) in [5.41, 5.74) is 5.58. The molecule has 0 aromatic carbocycles. The zero-order valence-corrected chi connectivity index (χ0v) is 11.2. The highest BCUT2D eigenvalue weighted by Gasteiger charge is 2.40. The van der Waals surface area contributed by atoms with Gasteiger partial charge in [-0.2, -0.15) is 0 Å². The lowest BCUT2D eigenvalue weighted by Gasteiger charge is -2.31. The molecule has 2 nitrogen and oxygen atoms in total. The maximum absolute atomic E-state index is 13.2. The van der Waals surface area contributed by atoms with Crippen LogP contribution < -0.4 is 5.73 Å². The van der Waals surface area contributed by atoms with Crippen molar-refractivity contribution in [2.75, 3.05) is 19.6 Å². The second-order valence-electron chi connectivity index (χ2n) is 6.04. The molecule has 0 aromatic heterocycles. The number of nitrogens with two attached hydrogens (primary N) is 1. The van der Waals surface area contributed by atoms with Gasteiger partial charge in [0.15, 0.2) is 0 Å². The molecule has 0 radical (unpaired) electrons. The number of hydrogen-bond acceptors (Lipinski definition) is 2. The lowest BCUT2D eigenvalue weighted by Crippen LogP contribution is -2.38. The Morgan fingerprint density at radius 3 is 2.44 bits per heavy atom. The Balaban J connectivity index is 1.84. The van der Waals surface area contributed by atoms with E-state index in [2.05, 4.69) is 4.90 Å². The molecule has 0 aromatic rings. The van der Waals surface area contributed by atoms with Crippen molar-refractivity contribution in [1.82, 2.24) is 4.90 Å². The molecule has 1 atom stereocenters. The quantitative estimate of drug-likeness (QED) is 0.795. The van der Waals surface area contributed by atoms with Crippen LogP contribution in [0, 0.1) is 5.92 Å². The second-order valence-corrected chi connectivity index (χ2v) is 6.04. The Morgan fingerprint density at radius 2 is 1.89 bits per heavy atom. The summed E-state index contributed by atoms with van der Waals surface area (Å²) in [6.45, 7) is 2.55. The van der Waals surface area contributed by atoms with E-state index in [9.17, 15) is 8.78 Å². The number of rotatable bonds is 6. The maximum atomic E-state index is 13.2. The van der Waals surface area contributed by atoms with E-state index in [0.29, 0.717) is 19.0 Å². The third-order valence-corrected chi connectivity index (χ3v) is 4.49. The first-order valence-corrected chi connectivity index (χ1v) is 7.43. The van der Waals surface area contributed by atoms with Crippen LogP contribution in [0.1, 0.15) is 51.4 Å². The zero-order valence-electron chi connectivity index (χ0n) is 11.2. The van der Waals surface area contributed by atoms with Gasteiger partial charge in [-0.05, 0) is 44.7 Å². The van der Waals surface area contributed by atoms with E-state index in [1.54, 1.807) is 0 Å². The predicted octanol–water partition coefficient (Wildman–Crippen LogP) is 3.02. The molecule has 0 bridgehead atoms. The van der Waals surface area contributed by atoms with Gasteiger partial charge in [-0.1, -0.05) is 12.8 Å². The van der Waals surface area contributed by atoms with Crippen molar-refractivity contribution in [3.05, 3.63) is 0 Å². The van der Waals surface area contributed by atoms with Crippen molar-refractivity contribution >= 4 is 0 Å². The summed E-state index contributed by atoms with van der Waals surface area (Å²) in [6.07, 6.45) is 6.95. The van der Waals surface area contributed by atoms with Crippen LogP contribution in [0.5, 0.6) is 0 Å². The molecule has 0 aliphatic heterocycles. The van der Waals surface area contributed by atoms with Crippen LogP contribution in [0.2, 0.25) is 0 Å². The Labute approximate surface area is 109 Å². The molecule has 2 aliphatic carbocycles. The van der Waals surface area contributed by atoms with Crippen LogP contribution in [0.25, 0.3) is 0 Å². The summed E-state index contributed by atoms with van der Waals surface area (Å²) < 4.78 is 26.5. The highest BCUT2D eigenvalue weighted by molar-refractivity contribution is 4.86. The molecule has 106 valence electrons.